The molecule has 2 aromatic carbocycles. The summed E-state index contributed by atoms with van der Waals surface area (Å²) in [5.74, 6) is -1.00. The number of hydrogen-bond donors (Lipinski definition) is 3. The number of aromatic nitrogens is 1. The van der Waals surface area contributed by atoms with Crippen LogP contribution in [-0.4, -0.2) is 41.8 Å². The van der Waals surface area contributed by atoms with Gasteiger partial charge in [-0.1, -0.05) is 30.3 Å². The SMILES string of the molecule is CC(NC(=O)c1c(O)c(=O)n(C)c2ccccc12)c1cccc(N2CCNCC2)c1. The molecule has 0 radical (unpaired) electrons. The minimum Gasteiger partial charge on any atom is -0.502 e. The minimum absolute atomic E-state index is 0.0128. The van der Waals surface area contributed by atoms with E-state index in [1.807, 2.05) is 19.1 Å². The van der Waals surface area contributed by atoms with Crippen LogP contribution in [0.4, 0.5) is 5.69 Å². The molecule has 0 bridgehead atoms. The van der Waals surface area contributed by atoms with Crippen molar-refractivity contribution in [2.24, 2.45) is 7.05 Å². The number of aromatic hydroxyl groups is 1. The molecule has 3 N–H and O–H groups in total. The van der Waals surface area contributed by atoms with Gasteiger partial charge in [-0.3, -0.25) is 9.59 Å². The molecule has 1 aliphatic rings. The number of carbonyl (C=O) groups excluding carboxylic acids is 1. The molecule has 7 heteroatoms. The summed E-state index contributed by atoms with van der Waals surface area (Å²) >= 11 is 0. The van der Waals surface area contributed by atoms with Crippen molar-refractivity contribution in [3.63, 3.8) is 0 Å². The second-order valence-electron chi connectivity index (χ2n) is 7.63. The molecule has 0 saturated carbocycles. The summed E-state index contributed by atoms with van der Waals surface area (Å²) in [6.07, 6.45) is 0. The fraction of sp³-hybridized carbons (Fsp3) is 0.304. The van der Waals surface area contributed by atoms with Gasteiger partial charge in [0.25, 0.3) is 11.5 Å². The lowest BCUT2D eigenvalue weighted by Gasteiger charge is -2.30. The number of para-hydroxylation sites is 1. The maximum Gasteiger partial charge on any atom is 0.293 e. The zero-order valence-corrected chi connectivity index (χ0v) is 17.2. The van der Waals surface area contributed by atoms with E-state index in [0.717, 1.165) is 37.4 Å². The highest BCUT2D eigenvalue weighted by Gasteiger charge is 2.22. The van der Waals surface area contributed by atoms with E-state index in [-0.39, 0.29) is 11.6 Å². The molecule has 1 aliphatic heterocycles. The van der Waals surface area contributed by atoms with Crippen LogP contribution in [0.1, 0.15) is 28.9 Å². The van der Waals surface area contributed by atoms with Crippen LogP contribution in [0.2, 0.25) is 0 Å². The first kappa shape index (κ1) is 20.0. The molecule has 1 saturated heterocycles. The molecule has 156 valence electrons. The lowest BCUT2D eigenvalue weighted by molar-refractivity contribution is 0.0938. The molecule has 1 aromatic heterocycles. The van der Waals surface area contributed by atoms with Crippen molar-refractivity contribution >= 4 is 22.5 Å². The van der Waals surface area contributed by atoms with Gasteiger partial charge in [-0.15, -0.1) is 0 Å². The molecule has 0 spiro atoms. The van der Waals surface area contributed by atoms with Gasteiger partial charge in [-0.2, -0.15) is 0 Å². The summed E-state index contributed by atoms with van der Waals surface area (Å²) in [5, 5.41) is 17.3. The molecule has 4 rings (SSSR count). The Balaban J connectivity index is 1.63. The monoisotopic (exact) mass is 406 g/mol. The van der Waals surface area contributed by atoms with Crippen molar-refractivity contribution in [2.45, 2.75) is 13.0 Å². The Hall–Kier alpha value is -3.32. The Morgan fingerprint density at radius 3 is 2.63 bits per heavy atom. The summed E-state index contributed by atoms with van der Waals surface area (Å²) in [6, 6.07) is 14.9. The van der Waals surface area contributed by atoms with Gasteiger partial charge in [0.05, 0.1) is 17.1 Å². The van der Waals surface area contributed by atoms with Gasteiger partial charge in [0, 0.05) is 44.3 Å². The number of anilines is 1. The zero-order chi connectivity index (χ0) is 21.3. The van der Waals surface area contributed by atoms with Gasteiger partial charge in [-0.25, -0.2) is 0 Å². The molecule has 7 nitrogen and oxygen atoms in total. The molecule has 0 aliphatic carbocycles. The normalized spacial score (nSPS) is 15.2. The van der Waals surface area contributed by atoms with Crippen molar-refractivity contribution in [2.75, 3.05) is 31.1 Å². The Kier molecular flexibility index (Phi) is 5.46. The molecule has 2 heterocycles. The van der Waals surface area contributed by atoms with E-state index in [1.165, 1.54) is 4.57 Å². The van der Waals surface area contributed by atoms with Crippen LogP contribution in [-0.2, 0) is 7.05 Å². The lowest BCUT2D eigenvalue weighted by Crippen LogP contribution is -2.43. The average molecular weight is 406 g/mol. The first-order valence-corrected chi connectivity index (χ1v) is 10.1. The second-order valence-corrected chi connectivity index (χ2v) is 7.63. The van der Waals surface area contributed by atoms with Gasteiger partial charge in [-0.05, 0) is 30.7 Å². The molecule has 30 heavy (non-hydrogen) atoms. The number of aryl methyl sites for hydroxylation is 1. The third-order valence-corrected chi connectivity index (χ3v) is 5.71. The maximum atomic E-state index is 13.1. The smallest absolute Gasteiger partial charge is 0.293 e. The van der Waals surface area contributed by atoms with Crippen LogP contribution in [0.5, 0.6) is 5.75 Å². The van der Waals surface area contributed by atoms with Crippen LogP contribution in [0.3, 0.4) is 0 Å². The topological polar surface area (TPSA) is 86.6 Å². The van der Waals surface area contributed by atoms with Gasteiger partial charge in [0.2, 0.25) is 0 Å². The Morgan fingerprint density at radius 1 is 1.13 bits per heavy atom. The van der Waals surface area contributed by atoms with Crippen LogP contribution >= 0.6 is 0 Å². The molecule has 1 fully saturated rings. The number of nitrogens with zero attached hydrogens (tertiary/aromatic N) is 2. The molecule has 1 amide bonds. The summed E-state index contributed by atoms with van der Waals surface area (Å²) < 4.78 is 1.35. The highest BCUT2D eigenvalue weighted by atomic mass is 16.3. The van der Waals surface area contributed by atoms with Crippen molar-refractivity contribution in [3.8, 4) is 5.75 Å². The number of nitrogens with one attached hydrogen (secondary N) is 2. The third kappa shape index (κ3) is 3.64. The summed E-state index contributed by atoms with van der Waals surface area (Å²) in [5.41, 5.74) is 2.11. The molecular weight excluding hydrogens is 380 g/mol. The van der Waals surface area contributed by atoms with E-state index in [9.17, 15) is 14.7 Å². The predicted octanol–water partition coefficient (Wildman–Crippen LogP) is 2.14. The zero-order valence-electron chi connectivity index (χ0n) is 17.2. The number of fused-ring (bicyclic) bond motifs is 1. The highest BCUT2D eigenvalue weighted by Crippen LogP contribution is 2.26. The maximum absolute atomic E-state index is 13.1. The van der Waals surface area contributed by atoms with Crippen LogP contribution in [0, 0.1) is 0 Å². The van der Waals surface area contributed by atoms with Gasteiger partial charge in [0.15, 0.2) is 5.75 Å². The number of pyridine rings is 1. The number of rotatable bonds is 4. The van der Waals surface area contributed by atoms with Crippen molar-refractivity contribution in [1.82, 2.24) is 15.2 Å². The number of carbonyl (C=O) groups is 1. The van der Waals surface area contributed by atoms with Crippen LogP contribution < -0.4 is 21.1 Å². The quantitative estimate of drug-likeness (QED) is 0.618. The Morgan fingerprint density at radius 2 is 1.87 bits per heavy atom. The standard InChI is InChI=1S/C23H26N4O3/c1-15(16-6-5-7-17(14-16)27-12-10-24-11-13-27)25-22(29)20-18-8-3-4-9-19(18)26(2)23(30)21(20)28/h3-9,14-15,24,28H,10-13H2,1-2H3,(H,25,29). The number of amides is 1. The van der Waals surface area contributed by atoms with Crippen molar-refractivity contribution < 1.29 is 9.90 Å². The third-order valence-electron chi connectivity index (χ3n) is 5.71. The van der Waals surface area contributed by atoms with E-state index >= 15 is 0 Å². The van der Waals surface area contributed by atoms with Crippen LogP contribution in [0.15, 0.2) is 53.3 Å². The fourth-order valence-electron chi connectivity index (χ4n) is 3.98. The molecule has 3 aromatic rings. The van der Waals surface area contributed by atoms with Gasteiger partial charge >= 0.3 is 0 Å². The van der Waals surface area contributed by atoms with E-state index in [4.69, 9.17) is 0 Å². The van der Waals surface area contributed by atoms with Crippen molar-refractivity contribution in [1.29, 1.82) is 0 Å². The Labute approximate surface area is 174 Å². The first-order valence-electron chi connectivity index (χ1n) is 10.1. The summed E-state index contributed by atoms with van der Waals surface area (Å²) in [4.78, 5) is 27.8. The number of benzene rings is 2. The largest absolute Gasteiger partial charge is 0.502 e. The van der Waals surface area contributed by atoms with E-state index < -0.39 is 17.2 Å². The summed E-state index contributed by atoms with van der Waals surface area (Å²) in [7, 11) is 1.58. The highest BCUT2D eigenvalue weighted by molar-refractivity contribution is 6.08. The van der Waals surface area contributed by atoms with E-state index in [2.05, 4.69) is 27.7 Å². The number of piperazine rings is 1. The van der Waals surface area contributed by atoms with Gasteiger partial charge in [0.1, 0.15) is 0 Å². The first-order chi connectivity index (χ1) is 14.5. The predicted molar refractivity (Wildman–Crippen MR) is 118 cm³/mol. The van der Waals surface area contributed by atoms with Crippen molar-refractivity contribution in [3.05, 3.63) is 70.0 Å². The fourth-order valence-corrected chi connectivity index (χ4v) is 3.98. The molecule has 1 unspecified atom stereocenters. The average Bonchev–Trinajstić information content (AvgIpc) is 2.78. The van der Waals surface area contributed by atoms with Crippen LogP contribution in [0.25, 0.3) is 10.9 Å². The van der Waals surface area contributed by atoms with E-state index in [1.54, 1.807) is 31.3 Å². The van der Waals surface area contributed by atoms with E-state index in [0.29, 0.717) is 10.9 Å². The molecule has 1 atom stereocenters. The Bertz CT molecular complexity index is 1150. The second kappa shape index (κ2) is 8.20. The minimum atomic E-state index is -0.591. The lowest BCUT2D eigenvalue weighted by atomic mass is 10.0. The molecular formula is C23H26N4O3. The van der Waals surface area contributed by atoms with Gasteiger partial charge < -0.3 is 25.2 Å². The number of hydrogen-bond acceptors (Lipinski definition) is 5. The summed E-state index contributed by atoms with van der Waals surface area (Å²) in [6.45, 7) is 5.68.